The molecule has 0 unspecified atom stereocenters. The van der Waals surface area contributed by atoms with E-state index in [-0.39, 0.29) is 12.3 Å². The monoisotopic (exact) mass is 479 g/mol. The zero-order valence-electron chi connectivity index (χ0n) is 20.7. The summed E-state index contributed by atoms with van der Waals surface area (Å²) in [4.78, 5) is 19.4. The molecule has 5 heteroatoms. The number of hydrogen-bond donors (Lipinski definition) is 2. The fraction of sp³-hybridized carbons (Fsp3) is 0.226. The summed E-state index contributed by atoms with van der Waals surface area (Å²) in [5.41, 5.74) is 5.92. The number of aromatic nitrogens is 1. The topological polar surface area (TPSA) is 65.5 Å². The van der Waals surface area contributed by atoms with Crippen molar-refractivity contribution in [3.05, 3.63) is 131 Å². The molecule has 2 N–H and O–H groups in total. The van der Waals surface area contributed by atoms with E-state index in [9.17, 15) is 9.90 Å². The Labute approximate surface area is 213 Å². The number of nitrogens with zero attached hydrogens (tertiary/aromatic N) is 2. The van der Waals surface area contributed by atoms with Gasteiger partial charge in [0.25, 0.3) is 0 Å². The minimum absolute atomic E-state index is 0.0781. The van der Waals surface area contributed by atoms with Crippen molar-refractivity contribution >= 4 is 11.6 Å². The highest BCUT2D eigenvalue weighted by Crippen LogP contribution is 2.18. The van der Waals surface area contributed by atoms with Crippen molar-refractivity contribution in [3.63, 3.8) is 0 Å². The van der Waals surface area contributed by atoms with E-state index in [1.165, 1.54) is 11.1 Å². The van der Waals surface area contributed by atoms with Crippen LogP contribution < -0.4 is 5.32 Å². The number of pyridine rings is 1. The van der Waals surface area contributed by atoms with Gasteiger partial charge in [0, 0.05) is 31.5 Å². The molecule has 4 aromatic rings. The molecular weight excluding hydrogens is 446 g/mol. The van der Waals surface area contributed by atoms with Gasteiger partial charge in [0.1, 0.15) is 0 Å². The highest BCUT2D eigenvalue weighted by Gasteiger charge is 2.16. The summed E-state index contributed by atoms with van der Waals surface area (Å²) >= 11 is 0. The summed E-state index contributed by atoms with van der Waals surface area (Å²) < 4.78 is 0. The lowest BCUT2D eigenvalue weighted by Crippen LogP contribution is -2.30. The number of carbonyl (C=O) groups is 1. The molecule has 1 heterocycles. The number of amides is 1. The number of anilines is 1. The van der Waals surface area contributed by atoms with Crippen LogP contribution in [0, 0.1) is 6.92 Å². The van der Waals surface area contributed by atoms with Crippen LogP contribution in [0.4, 0.5) is 5.69 Å². The van der Waals surface area contributed by atoms with Crippen molar-refractivity contribution in [2.75, 3.05) is 18.4 Å². The molecule has 0 aliphatic heterocycles. The maximum Gasteiger partial charge on any atom is 0.230 e. The van der Waals surface area contributed by atoms with Gasteiger partial charge in [0.05, 0.1) is 18.2 Å². The first kappa shape index (κ1) is 25.3. The Hall–Kier alpha value is -3.80. The molecule has 0 aliphatic carbocycles. The Kier molecular flexibility index (Phi) is 8.98. The summed E-state index contributed by atoms with van der Waals surface area (Å²) in [6, 6.07) is 31.6. The first-order valence-corrected chi connectivity index (χ1v) is 12.4. The van der Waals surface area contributed by atoms with Crippen LogP contribution >= 0.6 is 0 Å². The van der Waals surface area contributed by atoms with Crippen molar-refractivity contribution in [2.24, 2.45) is 0 Å². The van der Waals surface area contributed by atoms with E-state index in [4.69, 9.17) is 0 Å². The highest BCUT2D eigenvalue weighted by atomic mass is 16.3. The molecule has 5 nitrogen and oxygen atoms in total. The third kappa shape index (κ3) is 7.35. The van der Waals surface area contributed by atoms with Crippen LogP contribution in [0.1, 0.15) is 34.1 Å². The maximum absolute atomic E-state index is 12.6. The van der Waals surface area contributed by atoms with Crippen LogP contribution in [-0.2, 0) is 24.2 Å². The van der Waals surface area contributed by atoms with Gasteiger partial charge in [-0.3, -0.25) is 14.7 Å². The minimum Gasteiger partial charge on any atom is -0.387 e. The molecule has 0 saturated carbocycles. The number of hydrogen-bond acceptors (Lipinski definition) is 4. The molecule has 0 aliphatic rings. The van der Waals surface area contributed by atoms with Gasteiger partial charge in [-0.2, -0.15) is 0 Å². The highest BCUT2D eigenvalue weighted by molar-refractivity contribution is 5.92. The molecular formula is C31H33N3O2. The lowest BCUT2D eigenvalue weighted by atomic mass is 10.0. The largest absolute Gasteiger partial charge is 0.387 e. The maximum atomic E-state index is 12.6. The molecule has 0 fully saturated rings. The van der Waals surface area contributed by atoms with Crippen molar-refractivity contribution < 1.29 is 9.90 Å². The normalized spacial score (nSPS) is 11.9. The molecule has 0 bridgehead atoms. The average molecular weight is 480 g/mol. The van der Waals surface area contributed by atoms with Crippen LogP contribution in [0.3, 0.4) is 0 Å². The predicted octanol–water partition coefficient (Wildman–Crippen LogP) is 5.35. The number of aliphatic hydroxyl groups is 1. The van der Waals surface area contributed by atoms with E-state index in [2.05, 4.69) is 27.3 Å². The van der Waals surface area contributed by atoms with Gasteiger partial charge in [-0.15, -0.1) is 0 Å². The molecule has 36 heavy (non-hydrogen) atoms. The minimum atomic E-state index is -0.564. The van der Waals surface area contributed by atoms with E-state index >= 15 is 0 Å². The van der Waals surface area contributed by atoms with E-state index in [0.717, 1.165) is 42.0 Å². The fourth-order valence-electron chi connectivity index (χ4n) is 4.33. The molecule has 1 atom stereocenters. The van der Waals surface area contributed by atoms with Crippen LogP contribution in [0.25, 0.3) is 0 Å². The van der Waals surface area contributed by atoms with E-state index in [1.54, 1.807) is 6.20 Å². The van der Waals surface area contributed by atoms with E-state index in [0.29, 0.717) is 6.54 Å². The first-order valence-electron chi connectivity index (χ1n) is 12.4. The second kappa shape index (κ2) is 12.8. The van der Waals surface area contributed by atoms with Gasteiger partial charge in [0.2, 0.25) is 5.91 Å². The molecule has 1 amide bonds. The Morgan fingerprint density at radius 3 is 2.25 bits per heavy atom. The summed E-state index contributed by atoms with van der Waals surface area (Å²) in [7, 11) is 0. The molecule has 0 radical (unpaired) electrons. The van der Waals surface area contributed by atoms with Gasteiger partial charge in [-0.1, -0.05) is 78.9 Å². The van der Waals surface area contributed by atoms with Gasteiger partial charge in [-0.05, 0) is 53.8 Å². The van der Waals surface area contributed by atoms with Gasteiger partial charge >= 0.3 is 0 Å². The first-order chi connectivity index (χ1) is 17.6. The van der Waals surface area contributed by atoms with Crippen molar-refractivity contribution in [1.29, 1.82) is 0 Å². The van der Waals surface area contributed by atoms with Gasteiger partial charge in [-0.25, -0.2) is 0 Å². The molecule has 1 aromatic heterocycles. The predicted molar refractivity (Wildman–Crippen MR) is 145 cm³/mol. The van der Waals surface area contributed by atoms with Crippen molar-refractivity contribution in [2.45, 2.75) is 32.4 Å². The molecule has 0 saturated heterocycles. The smallest absolute Gasteiger partial charge is 0.230 e. The summed E-state index contributed by atoms with van der Waals surface area (Å²) in [5, 5.41) is 13.8. The lowest BCUT2D eigenvalue weighted by molar-refractivity contribution is -0.115. The standard InChI is InChI=1S/C31H33N3O2/c1-24-26(17-19-32-29(24)21-31(36)33-28-15-9-4-10-16-28)18-20-34(22-25-11-5-2-6-12-25)23-30(35)27-13-7-3-8-14-27/h2-17,19,30,35H,18,20-23H2,1H3,(H,33,36)/t30-/m0/s1. The summed E-state index contributed by atoms with van der Waals surface area (Å²) in [6.07, 6.45) is 2.25. The van der Waals surface area contributed by atoms with Crippen LogP contribution in [-0.4, -0.2) is 34.0 Å². The number of benzene rings is 3. The zero-order valence-corrected chi connectivity index (χ0v) is 20.7. The Morgan fingerprint density at radius 1 is 0.917 bits per heavy atom. The van der Waals surface area contributed by atoms with Crippen LogP contribution in [0.2, 0.25) is 0 Å². The number of rotatable bonds is 11. The summed E-state index contributed by atoms with van der Waals surface area (Å²) in [5.74, 6) is -0.0781. The molecule has 0 spiro atoms. The number of nitrogens with one attached hydrogen (secondary N) is 1. The van der Waals surface area contributed by atoms with Gasteiger partial charge < -0.3 is 10.4 Å². The molecule has 184 valence electrons. The Morgan fingerprint density at radius 2 is 1.56 bits per heavy atom. The Bertz CT molecular complexity index is 1230. The number of aliphatic hydroxyl groups excluding tert-OH is 1. The molecule has 3 aromatic carbocycles. The van der Waals surface area contributed by atoms with Crippen LogP contribution in [0.5, 0.6) is 0 Å². The van der Waals surface area contributed by atoms with Gasteiger partial charge in [0.15, 0.2) is 0 Å². The second-order valence-electron chi connectivity index (χ2n) is 9.03. The number of carbonyl (C=O) groups excluding carboxylic acids is 1. The third-order valence-corrected chi connectivity index (χ3v) is 6.37. The van der Waals surface area contributed by atoms with Crippen molar-refractivity contribution in [3.8, 4) is 0 Å². The molecule has 4 rings (SSSR count). The second-order valence-corrected chi connectivity index (χ2v) is 9.03. The number of para-hydroxylation sites is 1. The zero-order chi connectivity index (χ0) is 25.2. The Balaban J connectivity index is 1.43. The SMILES string of the molecule is Cc1c(CCN(Cc2ccccc2)C[C@H](O)c2ccccc2)ccnc1CC(=O)Nc1ccccc1. The fourth-order valence-corrected chi connectivity index (χ4v) is 4.33. The summed E-state index contributed by atoms with van der Waals surface area (Å²) in [6.45, 7) is 4.10. The van der Waals surface area contributed by atoms with Crippen molar-refractivity contribution in [1.82, 2.24) is 9.88 Å². The van der Waals surface area contributed by atoms with Crippen LogP contribution in [0.15, 0.2) is 103 Å². The van der Waals surface area contributed by atoms with E-state index in [1.807, 2.05) is 91.9 Å². The third-order valence-electron chi connectivity index (χ3n) is 6.37. The van der Waals surface area contributed by atoms with E-state index < -0.39 is 6.10 Å². The quantitative estimate of drug-likeness (QED) is 0.304. The lowest BCUT2D eigenvalue weighted by Gasteiger charge is -2.26. The average Bonchev–Trinajstić information content (AvgIpc) is 2.90.